The predicted molar refractivity (Wildman–Crippen MR) is 102 cm³/mol. The maximum atomic E-state index is 12.0. The minimum Gasteiger partial charge on any atom is -0.372 e. The molecule has 3 rings (SSSR count). The number of carbonyl (C=O) groups excluding carboxylic acids is 1. The largest absolute Gasteiger partial charge is 0.372 e. The fourth-order valence-corrected chi connectivity index (χ4v) is 3.07. The minimum atomic E-state index is 0.0351. The zero-order valence-electron chi connectivity index (χ0n) is 14.6. The molecule has 1 aromatic carbocycles. The minimum absolute atomic E-state index is 0.0351. The second kappa shape index (κ2) is 9.18. The Morgan fingerprint density at radius 3 is 2.44 bits per heavy atom. The van der Waals surface area contributed by atoms with Crippen molar-refractivity contribution in [1.29, 1.82) is 0 Å². The summed E-state index contributed by atoms with van der Waals surface area (Å²) in [6.07, 6.45) is 7.88. The van der Waals surface area contributed by atoms with Crippen LogP contribution in [0.5, 0.6) is 0 Å². The van der Waals surface area contributed by atoms with Crippen LogP contribution in [0.25, 0.3) is 0 Å². The first-order valence-electron chi connectivity index (χ1n) is 9.06. The van der Waals surface area contributed by atoms with E-state index in [1.165, 1.54) is 30.5 Å². The van der Waals surface area contributed by atoms with Gasteiger partial charge in [0, 0.05) is 56.4 Å². The molecule has 1 aromatic heterocycles. The summed E-state index contributed by atoms with van der Waals surface area (Å²) in [7, 11) is 0. The van der Waals surface area contributed by atoms with Gasteiger partial charge in [0.25, 0.3) is 0 Å². The first kappa shape index (κ1) is 17.4. The van der Waals surface area contributed by atoms with Crippen LogP contribution < -0.4 is 15.5 Å². The smallest absolute Gasteiger partial charge is 0.225 e. The van der Waals surface area contributed by atoms with E-state index in [4.69, 9.17) is 0 Å². The highest BCUT2D eigenvalue weighted by atomic mass is 16.1. The fourth-order valence-electron chi connectivity index (χ4n) is 3.07. The number of piperidine rings is 1. The molecule has 1 aliphatic rings. The highest BCUT2D eigenvalue weighted by Crippen LogP contribution is 2.21. The van der Waals surface area contributed by atoms with Gasteiger partial charge in [-0.2, -0.15) is 0 Å². The lowest BCUT2D eigenvalue weighted by atomic mass is 10.1. The zero-order chi connectivity index (χ0) is 17.3. The van der Waals surface area contributed by atoms with Crippen LogP contribution in [-0.4, -0.2) is 30.5 Å². The molecule has 0 aliphatic carbocycles. The van der Waals surface area contributed by atoms with Crippen LogP contribution in [0.4, 0.5) is 11.4 Å². The van der Waals surface area contributed by atoms with Crippen molar-refractivity contribution < 1.29 is 4.79 Å². The Kier molecular flexibility index (Phi) is 6.40. The molecule has 0 spiro atoms. The molecule has 132 valence electrons. The van der Waals surface area contributed by atoms with Crippen LogP contribution in [0.15, 0.2) is 48.8 Å². The summed E-state index contributed by atoms with van der Waals surface area (Å²) >= 11 is 0. The Hall–Kier alpha value is -2.40. The number of hydrogen-bond acceptors (Lipinski definition) is 4. The molecule has 1 amide bonds. The Morgan fingerprint density at radius 2 is 1.72 bits per heavy atom. The van der Waals surface area contributed by atoms with Crippen LogP contribution in [0.2, 0.25) is 0 Å². The van der Waals surface area contributed by atoms with E-state index in [1.54, 1.807) is 12.4 Å². The van der Waals surface area contributed by atoms with Gasteiger partial charge in [0.15, 0.2) is 0 Å². The lowest BCUT2D eigenvalue weighted by molar-refractivity contribution is -0.116. The van der Waals surface area contributed by atoms with Crippen molar-refractivity contribution in [3.8, 4) is 0 Å². The summed E-state index contributed by atoms with van der Waals surface area (Å²) in [5.41, 5.74) is 3.28. The number of nitrogens with zero attached hydrogens (tertiary/aromatic N) is 2. The van der Waals surface area contributed by atoms with Crippen LogP contribution >= 0.6 is 0 Å². The summed E-state index contributed by atoms with van der Waals surface area (Å²) in [5.74, 6) is 0.0351. The number of anilines is 2. The van der Waals surface area contributed by atoms with Crippen molar-refractivity contribution in [3.05, 3.63) is 54.4 Å². The maximum Gasteiger partial charge on any atom is 0.225 e. The van der Waals surface area contributed by atoms with Gasteiger partial charge in [-0.3, -0.25) is 9.78 Å². The summed E-state index contributed by atoms with van der Waals surface area (Å²) in [5, 5.41) is 6.24. The third-order valence-corrected chi connectivity index (χ3v) is 4.48. The van der Waals surface area contributed by atoms with E-state index in [2.05, 4.69) is 32.7 Å². The lowest BCUT2D eigenvalue weighted by Gasteiger charge is -2.28. The second-order valence-corrected chi connectivity index (χ2v) is 6.42. The third-order valence-electron chi connectivity index (χ3n) is 4.48. The maximum absolute atomic E-state index is 12.0. The average Bonchev–Trinajstić information content (AvgIpc) is 2.67. The van der Waals surface area contributed by atoms with Crippen molar-refractivity contribution in [2.75, 3.05) is 29.9 Å². The molecule has 0 bridgehead atoms. The van der Waals surface area contributed by atoms with Crippen molar-refractivity contribution >= 4 is 17.3 Å². The summed E-state index contributed by atoms with van der Waals surface area (Å²) < 4.78 is 0. The van der Waals surface area contributed by atoms with Gasteiger partial charge in [0.2, 0.25) is 5.91 Å². The monoisotopic (exact) mass is 338 g/mol. The van der Waals surface area contributed by atoms with E-state index in [0.717, 1.165) is 25.3 Å². The molecule has 1 aliphatic heterocycles. The third kappa shape index (κ3) is 5.57. The van der Waals surface area contributed by atoms with Crippen molar-refractivity contribution in [2.45, 2.75) is 32.2 Å². The van der Waals surface area contributed by atoms with Gasteiger partial charge in [-0.05, 0) is 61.2 Å². The molecular formula is C20H26N4O. The van der Waals surface area contributed by atoms with E-state index < -0.39 is 0 Å². The van der Waals surface area contributed by atoms with Gasteiger partial charge in [0.05, 0.1) is 0 Å². The normalized spacial score (nSPS) is 14.3. The molecule has 0 atom stereocenters. The zero-order valence-corrected chi connectivity index (χ0v) is 14.6. The van der Waals surface area contributed by atoms with E-state index >= 15 is 0 Å². The van der Waals surface area contributed by atoms with Crippen LogP contribution in [-0.2, 0) is 11.3 Å². The molecule has 2 heterocycles. The fraction of sp³-hybridized carbons (Fsp3) is 0.400. The lowest BCUT2D eigenvalue weighted by Crippen LogP contribution is -2.29. The van der Waals surface area contributed by atoms with Gasteiger partial charge < -0.3 is 15.5 Å². The first-order chi connectivity index (χ1) is 12.3. The quantitative estimate of drug-likeness (QED) is 0.761. The second-order valence-electron chi connectivity index (χ2n) is 6.42. The highest BCUT2D eigenvalue weighted by molar-refractivity contribution is 5.91. The standard InChI is InChI=1S/C20H26N4O/c25-20(10-13-22-16-17-8-11-21-12-9-17)23-18-4-6-19(7-5-18)24-14-2-1-3-15-24/h4-9,11-12,22H,1-3,10,13-16H2,(H,23,25). The SMILES string of the molecule is O=C(CCNCc1ccncc1)Nc1ccc(N2CCCCC2)cc1. The molecule has 2 aromatic rings. The number of pyridine rings is 1. The van der Waals surface area contributed by atoms with Gasteiger partial charge in [0.1, 0.15) is 0 Å². The number of hydrogen-bond donors (Lipinski definition) is 2. The Balaban J connectivity index is 1.38. The number of amides is 1. The summed E-state index contributed by atoms with van der Waals surface area (Å²) in [6.45, 7) is 3.67. The number of carbonyl (C=O) groups is 1. The number of nitrogens with one attached hydrogen (secondary N) is 2. The van der Waals surface area contributed by atoms with Crippen LogP contribution in [0.3, 0.4) is 0 Å². The van der Waals surface area contributed by atoms with Crippen LogP contribution in [0.1, 0.15) is 31.2 Å². The molecule has 1 saturated heterocycles. The van der Waals surface area contributed by atoms with Gasteiger partial charge in [-0.15, -0.1) is 0 Å². The van der Waals surface area contributed by atoms with Crippen LogP contribution in [0, 0.1) is 0 Å². The predicted octanol–water partition coefficient (Wildman–Crippen LogP) is 3.19. The first-order valence-corrected chi connectivity index (χ1v) is 9.06. The van der Waals surface area contributed by atoms with Gasteiger partial charge >= 0.3 is 0 Å². The molecular weight excluding hydrogens is 312 g/mol. The summed E-state index contributed by atoms with van der Waals surface area (Å²) in [6, 6.07) is 12.1. The molecule has 0 saturated carbocycles. The highest BCUT2D eigenvalue weighted by Gasteiger charge is 2.10. The molecule has 5 heteroatoms. The number of rotatable bonds is 7. The molecule has 5 nitrogen and oxygen atoms in total. The molecule has 0 unspecified atom stereocenters. The number of aromatic nitrogens is 1. The molecule has 0 radical (unpaired) electrons. The Morgan fingerprint density at radius 1 is 1.00 bits per heavy atom. The Bertz CT molecular complexity index is 651. The van der Waals surface area contributed by atoms with E-state index in [9.17, 15) is 4.79 Å². The molecule has 2 N–H and O–H groups in total. The summed E-state index contributed by atoms with van der Waals surface area (Å²) in [4.78, 5) is 18.4. The van der Waals surface area contributed by atoms with Crippen molar-refractivity contribution in [3.63, 3.8) is 0 Å². The van der Waals surface area contributed by atoms with Crippen molar-refractivity contribution in [1.82, 2.24) is 10.3 Å². The van der Waals surface area contributed by atoms with Gasteiger partial charge in [-0.1, -0.05) is 0 Å². The van der Waals surface area contributed by atoms with E-state index in [0.29, 0.717) is 13.0 Å². The van der Waals surface area contributed by atoms with Crippen molar-refractivity contribution in [2.24, 2.45) is 0 Å². The average molecular weight is 338 g/mol. The molecule has 25 heavy (non-hydrogen) atoms. The topological polar surface area (TPSA) is 57.3 Å². The van der Waals surface area contributed by atoms with E-state index in [-0.39, 0.29) is 5.91 Å². The number of benzene rings is 1. The van der Waals surface area contributed by atoms with Gasteiger partial charge in [-0.25, -0.2) is 0 Å². The van der Waals surface area contributed by atoms with E-state index in [1.807, 2.05) is 24.3 Å². The Labute approximate surface area is 149 Å². The molecule has 1 fully saturated rings.